The molecule has 0 N–H and O–H groups in total. The van der Waals surface area contributed by atoms with Gasteiger partial charge in [0.15, 0.2) is 5.16 Å². The lowest BCUT2D eigenvalue weighted by Crippen LogP contribution is -2.07. The molecule has 0 aromatic carbocycles. The second-order valence-electron chi connectivity index (χ2n) is 3.20. The number of thioether (sulfide) groups is 1. The molecule has 1 aromatic heterocycles. The van der Waals surface area contributed by atoms with Crippen molar-refractivity contribution in [3.63, 3.8) is 0 Å². The van der Waals surface area contributed by atoms with Gasteiger partial charge in [0.25, 0.3) is 0 Å². The summed E-state index contributed by atoms with van der Waals surface area (Å²) in [7, 11) is -1.95. The maximum atomic E-state index is 10.9. The fourth-order valence-electron chi connectivity index (χ4n) is 0.959. The Morgan fingerprint density at radius 2 is 2.29 bits per heavy atom. The molecule has 9 heteroatoms. The minimum atomic E-state index is -3.60. The van der Waals surface area contributed by atoms with Crippen LogP contribution in [0, 0.1) is 11.3 Å². The van der Waals surface area contributed by atoms with Gasteiger partial charge in [0.05, 0.1) is 12.3 Å². The minimum absolute atomic E-state index is 0.183. The van der Waals surface area contributed by atoms with Crippen LogP contribution in [-0.2, 0) is 17.2 Å². The van der Waals surface area contributed by atoms with Crippen molar-refractivity contribution in [2.24, 2.45) is 7.05 Å². The molecule has 0 amide bonds. The van der Waals surface area contributed by atoms with Gasteiger partial charge in [-0.05, 0) is 6.42 Å². The first-order chi connectivity index (χ1) is 7.92. The molecule has 0 bridgehead atoms. The Balaban J connectivity index is 2.60. The molecule has 0 aliphatic heterocycles. The fraction of sp³-hybridized carbons (Fsp3) is 0.625. The zero-order valence-electron chi connectivity index (χ0n) is 9.45. The summed E-state index contributed by atoms with van der Waals surface area (Å²) < 4.78 is 27.7. The van der Waals surface area contributed by atoms with Crippen LogP contribution in [0.25, 0.3) is 0 Å². The number of aromatic nitrogens is 3. The molecule has 0 fully saturated rings. The summed E-state index contributed by atoms with van der Waals surface area (Å²) >= 11 is 1.40. The maximum Gasteiger partial charge on any atom is 0.352 e. The molecule has 0 atom stereocenters. The van der Waals surface area contributed by atoms with Crippen molar-refractivity contribution in [1.82, 2.24) is 14.8 Å². The molecule has 0 spiro atoms. The van der Waals surface area contributed by atoms with E-state index in [0.717, 1.165) is 18.4 Å². The lowest BCUT2D eigenvalue weighted by molar-refractivity contribution is 0.468. The predicted molar refractivity (Wildman–Crippen MR) is 62.0 cm³/mol. The molecule has 17 heavy (non-hydrogen) atoms. The third-order valence-electron chi connectivity index (χ3n) is 1.59. The maximum absolute atomic E-state index is 10.9. The molecule has 0 saturated carbocycles. The molecule has 0 unspecified atom stereocenters. The molecule has 1 rings (SSSR count). The average molecular weight is 276 g/mol. The van der Waals surface area contributed by atoms with Crippen LogP contribution >= 0.6 is 11.8 Å². The van der Waals surface area contributed by atoms with E-state index in [1.165, 1.54) is 16.4 Å². The summed E-state index contributed by atoms with van der Waals surface area (Å²) in [6.45, 7) is 0. The highest BCUT2D eigenvalue weighted by atomic mass is 32.2. The normalized spacial score (nSPS) is 11.1. The largest absolute Gasteiger partial charge is 0.352 e. The number of unbranched alkanes of at least 4 members (excludes halogenated alkanes) is 1. The van der Waals surface area contributed by atoms with Crippen molar-refractivity contribution in [2.75, 3.05) is 12.0 Å². The summed E-state index contributed by atoms with van der Waals surface area (Å²) in [5, 5.41) is 12.7. The molecule has 1 aromatic rings. The van der Waals surface area contributed by atoms with Crippen molar-refractivity contribution >= 4 is 21.9 Å². The lowest BCUT2D eigenvalue weighted by atomic mass is 10.4. The van der Waals surface area contributed by atoms with E-state index in [-0.39, 0.29) is 6.01 Å². The van der Waals surface area contributed by atoms with Gasteiger partial charge >= 0.3 is 16.1 Å². The van der Waals surface area contributed by atoms with Gasteiger partial charge in [-0.3, -0.25) is 0 Å². The number of rotatable bonds is 6. The average Bonchev–Trinajstić information content (AvgIpc) is 2.51. The predicted octanol–water partition coefficient (Wildman–Crippen LogP) is 0.549. The van der Waals surface area contributed by atoms with Gasteiger partial charge in [-0.25, -0.2) is 4.68 Å². The lowest BCUT2D eigenvalue weighted by Gasteiger charge is -1.96. The Labute approximate surface area is 104 Å². The van der Waals surface area contributed by atoms with Crippen molar-refractivity contribution < 1.29 is 12.6 Å². The van der Waals surface area contributed by atoms with Crippen molar-refractivity contribution in [1.29, 1.82) is 5.26 Å². The highest BCUT2D eigenvalue weighted by Crippen LogP contribution is 2.19. The van der Waals surface area contributed by atoms with E-state index in [2.05, 4.69) is 14.3 Å². The Kier molecular flexibility index (Phi) is 4.77. The molecule has 0 aliphatic rings. The van der Waals surface area contributed by atoms with E-state index >= 15 is 0 Å². The molecule has 7 nitrogen and oxygen atoms in total. The van der Waals surface area contributed by atoms with E-state index in [9.17, 15) is 8.42 Å². The van der Waals surface area contributed by atoms with Gasteiger partial charge < -0.3 is 4.18 Å². The molecule has 1 heterocycles. The van der Waals surface area contributed by atoms with E-state index < -0.39 is 10.1 Å². The summed E-state index contributed by atoms with van der Waals surface area (Å²) in [4.78, 5) is 3.92. The molecule has 94 valence electrons. The summed E-state index contributed by atoms with van der Waals surface area (Å²) in [5.74, 6) is 0.721. The van der Waals surface area contributed by atoms with Gasteiger partial charge in [0.2, 0.25) is 0 Å². The van der Waals surface area contributed by atoms with Crippen LogP contribution in [0.1, 0.15) is 12.8 Å². The second kappa shape index (κ2) is 5.88. The topological polar surface area (TPSA) is 97.9 Å². The third-order valence-corrected chi connectivity index (χ3v) is 3.15. The Morgan fingerprint density at radius 1 is 1.59 bits per heavy atom. The zero-order valence-corrected chi connectivity index (χ0v) is 11.1. The Morgan fingerprint density at radius 3 is 2.88 bits per heavy atom. The van der Waals surface area contributed by atoms with Crippen LogP contribution < -0.4 is 4.18 Å². The Bertz CT molecular complexity index is 517. The standard InChI is InChI=1S/C8H12N4O3S2/c1-12-8(16-6-4-3-5-9)10-7(11-12)15-17(2,13)14/h3-4,6H2,1-2H3. The second-order valence-corrected chi connectivity index (χ2v) is 5.84. The first-order valence-corrected chi connectivity index (χ1v) is 7.53. The van der Waals surface area contributed by atoms with Crippen molar-refractivity contribution in [2.45, 2.75) is 18.0 Å². The molecular formula is C8H12N4O3S2. The minimum Gasteiger partial charge on any atom is -0.342 e. The highest BCUT2D eigenvalue weighted by molar-refractivity contribution is 7.99. The number of nitrogens with zero attached hydrogens (tertiary/aromatic N) is 4. The molecule has 0 saturated heterocycles. The van der Waals surface area contributed by atoms with Gasteiger partial charge in [-0.1, -0.05) is 11.8 Å². The summed E-state index contributed by atoms with van der Waals surface area (Å²) in [6.07, 6.45) is 2.16. The SMILES string of the molecule is Cn1nc(OS(C)(=O)=O)nc1SCCCC#N. The van der Waals surface area contributed by atoms with Crippen molar-refractivity contribution in [3.05, 3.63) is 0 Å². The van der Waals surface area contributed by atoms with Gasteiger partial charge in [-0.2, -0.15) is 18.7 Å². The van der Waals surface area contributed by atoms with Crippen LogP contribution in [0.15, 0.2) is 5.16 Å². The Hall–Kier alpha value is -1.27. The van der Waals surface area contributed by atoms with Crippen molar-refractivity contribution in [3.8, 4) is 12.1 Å². The van der Waals surface area contributed by atoms with E-state index in [1.54, 1.807) is 7.05 Å². The van der Waals surface area contributed by atoms with Crippen LogP contribution in [0.2, 0.25) is 0 Å². The number of hydrogen-bond donors (Lipinski definition) is 0. The smallest absolute Gasteiger partial charge is 0.342 e. The number of aryl methyl sites for hydroxylation is 1. The summed E-state index contributed by atoms with van der Waals surface area (Å²) in [5.41, 5.74) is 0. The fourth-order valence-corrected chi connectivity index (χ4v) is 2.14. The van der Waals surface area contributed by atoms with Gasteiger partial charge in [0, 0.05) is 19.2 Å². The number of hydrogen-bond acceptors (Lipinski definition) is 7. The highest BCUT2D eigenvalue weighted by Gasteiger charge is 2.13. The van der Waals surface area contributed by atoms with Gasteiger partial charge in [-0.15, -0.1) is 5.10 Å². The van der Waals surface area contributed by atoms with Crippen LogP contribution in [0.5, 0.6) is 6.01 Å². The number of nitriles is 1. The molecule has 0 aliphatic carbocycles. The van der Waals surface area contributed by atoms with E-state index in [1.807, 2.05) is 6.07 Å². The third kappa shape index (κ3) is 5.06. The van der Waals surface area contributed by atoms with Crippen LogP contribution in [-0.4, -0.2) is 35.2 Å². The first-order valence-electron chi connectivity index (χ1n) is 4.72. The van der Waals surface area contributed by atoms with E-state index in [0.29, 0.717) is 11.6 Å². The van der Waals surface area contributed by atoms with Gasteiger partial charge in [0.1, 0.15) is 0 Å². The quantitative estimate of drug-likeness (QED) is 0.425. The molecule has 0 radical (unpaired) electrons. The van der Waals surface area contributed by atoms with Crippen LogP contribution in [0.4, 0.5) is 0 Å². The zero-order chi connectivity index (χ0) is 12.9. The van der Waals surface area contributed by atoms with E-state index in [4.69, 9.17) is 5.26 Å². The first kappa shape index (κ1) is 13.8. The molecular weight excluding hydrogens is 264 g/mol. The monoisotopic (exact) mass is 276 g/mol. The summed E-state index contributed by atoms with van der Waals surface area (Å²) in [6, 6.07) is 1.86. The van der Waals surface area contributed by atoms with Crippen LogP contribution in [0.3, 0.4) is 0 Å².